The summed E-state index contributed by atoms with van der Waals surface area (Å²) in [5, 5.41) is 0. The number of nitrogens with two attached hydrogens (primary N) is 1. The van der Waals surface area contributed by atoms with Crippen molar-refractivity contribution in [3.63, 3.8) is 0 Å². The minimum Gasteiger partial charge on any atom is -0.359 e. The van der Waals surface area contributed by atoms with E-state index in [2.05, 4.69) is 44.9 Å². The maximum atomic E-state index is 5.12. The molecule has 0 amide bonds. The Kier molecular flexibility index (Phi) is 2.63. The standard InChI is InChI=1S/C12H15N/c1-12(2,3)11-6-4-10(5-7-11)8-9-13/h4-7H,13H2,1-3H3. The van der Waals surface area contributed by atoms with E-state index in [1.165, 1.54) is 5.56 Å². The molecule has 0 atom stereocenters. The zero-order valence-corrected chi connectivity index (χ0v) is 8.39. The molecule has 1 aromatic rings. The first kappa shape index (κ1) is 9.67. The van der Waals surface area contributed by atoms with E-state index in [-0.39, 0.29) is 5.41 Å². The van der Waals surface area contributed by atoms with Crippen LogP contribution >= 0.6 is 0 Å². The Morgan fingerprint density at radius 1 is 1.08 bits per heavy atom. The van der Waals surface area contributed by atoms with Crippen LogP contribution in [0.15, 0.2) is 24.3 Å². The van der Waals surface area contributed by atoms with Gasteiger partial charge >= 0.3 is 0 Å². The van der Waals surface area contributed by atoms with E-state index in [4.69, 9.17) is 5.73 Å². The van der Waals surface area contributed by atoms with Gasteiger partial charge in [0, 0.05) is 11.6 Å². The van der Waals surface area contributed by atoms with E-state index >= 15 is 0 Å². The SMILES string of the molecule is CC(C)(C)c1ccc(C#CN)cc1. The van der Waals surface area contributed by atoms with Gasteiger partial charge in [0.15, 0.2) is 0 Å². The fourth-order valence-corrected chi connectivity index (χ4v) is 1.14. The topological polar surface area (TPSA) is 26.0 Å². The summed E-state index contributed by atoms with van der Waals surface area (Å²) in [6.07, 6.45) is 0. The van der Waals surface area contributed by atoms with Crippen LogP contribution in [0.3, 0.4) is 0 Å². The second-order valence-electron chi connectivity index (χ2n) is 4.10. The summed E-state index contributed by atoms with van der Waals surface area (Å²) in [5.41, 5.74) is 7.61. The van der Waals surface area contributed by atoms with Gasteiger partial charge in [0.05, 0.1) is 0 Å². The minimum atomic E-state index is 0.203. The summed E-state index contributed by atoms with van der Waals surface area (Å²) in [7, 11) is 0. The van der Waals surface area contributed by atoms with E-state index in [1.807, 2.05) is 12.1 Å². The molecule has 1 heteroatoms. The molecule has 0 aliphatic carbocycles. The largest absolute Gasteiger partial charge is 0.359 e. The van der Waals surface area contributed by atoms with E-state index in [9.17, 15) is 0 Å². The highest BCUT2D eigenvalue weighted by molar-refractivity contribution is 5.37. The third-order valence-electron chi connectivity index (χ3n) is 1.97. The van der Waals surface area contributed by atoms with Crippen molar-refractivity contribution in [3.05, 3.63) is 35.4 Å². The highest BCUT2D eigenvalue weighted by Crippen LogP contribution is 2.21. The third kappa shape index (κ3) is 2.52. The third-order valence-corrected chi connectivity index (χ3v) is 1.97. The first-order chi connectivity index (χ1) is 6.04. The Morgan fingerprint density at radius 2 is 1.62 bits per heavy atom. The molecule has 0 fully saturated rings. The molecule has 1 rings (SSSR count). The molecule has 68 valence electrons. The molecule has 0 bridgehead atoms. The van der Waals surface area contributed by atoms with Gasteiger partial charge in [0.2, 0.25) is 0 Å². The van der Waals surface area contributed by atoms with Crippen LogP contribution in [0.2, 0.25) is 0 Å². The van der Waals surface area contributed by atoms with Crippen LogP contribution in [0.5, 0.6) is 0 Å². The van der Waals surface area contributed by atoms with Crippen molar-refractivity contribution in [1.29, 1.82) is 0 Å². The van der Waals surface area contributed by atoms with E-state index in [0.29, 0.717) is 0 Å². The predicted molar refractivity (Wildman–Crippen MR) is 56.2 cm³/mol. The lowest BCUT2D eigenvalue weighted by Crippen LogP contribution is -2.10. The summed E-state index contributed by atoms with van der Waals surface area (Å²) in [5.74, 6) is 2.81. The molecular weight excluding hydrogens is 158 g/mol. The van der Waals surface area contributed by atoms with E-state index in [1.54, 1.807) is 0 Å². The Balaban J connectivity index is 2.98. The number of rotatable bonds is 0. The van der Waals surface area contributed by atoms with E-state index in [0.717, 1.165) is 5.56 Å². The van der Waals surface area contributed by atoms with Crippen LogP contribution in [-0.2, 0) is 5.41 Å². The molecule has 1 nitrogen and oxygen atoms in total. The molecular formula is C12H15N. The highest BCUT2D eigenvalue weighted by Gasteiger charge is 2.12. The lowest BCUT2D eigenvalue weighted by atomic mass is 9.87. The van der Waals surface area contributed by atoms with Gasteiger partial charge in [-0.05, 0) is 29.0 Å². The summed E-state index contributed by atoms with van der Waals surface area (Å²) in [6.45, 7) is 6.57. The zero-order chi connectivity index (χ0) is 9.90. The normalized spacial score (nSPS) is 10.4. The average Bonchev–Trinajstić information content (AvgIpc) is 2.04. The second kappa shape index (κ2) is 3.53. The molecule has 0 radical (unpaired) electrons. The first-order valence-corrected chi connectivity index (χ1v) is 4.36. The van der Waals surface area contributed by atoms with Crippen molar-refractivity contribution >= 4 is 0 Å². The van der Waals surface area contributed by atoms with Crippen molar-refractivity contribution in [2.45, 2.75) is 26.2 Å². The molecule has 13 heavy (non-hydrogen) atoms. The molecule has 1 aromatic carbocycles. The van der Waals surface area contributed by atoms with Gasteiger partial charge < -0.3 is 5.73 Å². The quantitative estimate of drug-likeness (QED) is 0.472. The first-order valence-electron chi connectivity index (χ1n) is 4.36. The Hall–Kier alpha value is -1.42. The molecule has 2 N–H and O–H groups in total. The second-order valence-corrected chi connectivity index (χ2v) is 4.10. The summed E-state index contributed by atoms with van der Waals surface area (Å²) >= 11 is 0. The van der Waals surface area contributed by atoms with Gasteiger partial charge in [-0.15, -0.1) is 0 Å². The monoisotopic (exact) mass is 173 g/mol. The summed E-state index contributed by atoms with van der Waals surface area (Å²) < 4.78 is 0. The molecule has 0 spiro atoms. The van der Waals surface area contributed by atoms with Gasteiger partial charge in [-0.1, -0.05) is 32.9 Å². The maximum Gasteiger partial charge on any atom is 0.0263 e. The van der Waals surface area contributed by atoms with Gasteiger partial charge in [-0.3, -0.25) is 0 Å². The van der Waals surface area contributed by atoms with Gasteiger partial charge in [0.1, 0.15) is 0 Å². The van der Waals surface area contributed by atoms with Crippen molar-refractivity contribution in [2.75, 3.05) is 0 Å². The molecule has 0 saturated heterocycles. The zero-order valence-electron chi connectivity index (χ0n) is 8.39. The van der Waals surface area contributed by atoms with Crippen LogP contribution in [0.25, 0.3) is 0 Å². The summed E-state index contributed by atoms with van der Waals surface area (Å²) in [4.78, 5) is 0. The lowest BCUT2D eigenvalue weighted by molar-refractivity contribution is 0.590. The Labute approximate surface area is 80.0 Å². The molecule has 0 aliphatic rings. The predicted octanol–water partition coefficient (Wildman–Crippen LogP) is 2.25. The number of benzene rings is 1. The van der Waals surface area contributed by atoms with Crippen LogP contribution in [0.4, 0.5) is 0 Å². The van der Waals surface area contributed by atoms with Gasteiger partial charge in [-0.2, -0.15) is 0 Å². The fourth-order valence-electron chi connectivity index (χ4n) is 1.14. The van der Waals surface area contributed by atoms with Crippen LogP contribution in [-0.4, -0.2) is 0 Å². The van der Waals surface area contributed by atoms with Crippen molar-refractivity contribution in [1.82, 2.24) is 0 Å². The van der Waals surface area contributed by atoms with Crippen LogP contribution in [0, 0.1) is 12.0 Å². The summed E-state index contributed by atoms with van der Waals surface area (Å²) in [6, 6.07) is 10.6. The lowest BCUT2D eigenvalue weighted by Gasteiger charge is -2.18. The molecule has 0 heterocycles. The molecule has 0 aromatic heterocycles. The average molecular weight is 173 g/mol. The highest BCUT2D eigenvalue weighted by atomic mass is 14.5. The molecule has 0 unspecified atom stereocenters. The van der Waals surface area contributed by atoms with Crippen LogP contribution < -0.4 is 5.73 Å². The number of hydrogen-bond acceptors (Lipinski definition) is 1. The van der Waals surface area contributed by atoms with Crippen molar-refractivity contribution in [2.24, 2.45) is 5.73 Å². The van der Waals surface area contributed by atoms with Gasteiger partial charge in [-0.25, -0.2) is 0 Å². The maximum absolute atomic E-state index is 5.12. The molecule has 0 aliphatic heterocycles. The van der Waals surface area contributed by atoms with E-state index < -0.39 is 0 Å². The molecule has 0 saturated carbocycles. The Bertz CT molecular complexity index is 330. The van der Waals surface area contributed by atoms with Crippen molar-refractivity contribution < 1.29 is 0 Å². The Morgan fingerprint density at radius 3 is 2.00 bits per heavy atom. The van der Waals surface area contributed by atoms with Crippen LogP contribution in [0.1, 0.15) is 31.9 Å². The van der Waals surface area contributed by atoms with Gasteiger partial charge in [0.25, 0.3) is 0 Å². The smallest absolute Gasteiger partial charge is 0.0263 e. The minimum absolute atomic E-state index is 0.203. The number of hydrogen-bond donors (Lipinski definition) is 1. The van der Waals surface area contributed by atoms with Crippen molar-refractivity contribution in [3.8, 4) is 12.0 Å². The fraction of sp³-hybridized carbons (Fsp3) is 0.333.